The summed E-state index contributed by atoms with van der Waals surface area (Å²) in [5, 5.41) is 9.60. The van der Waals surface area contributed by atoms with Crippen LogP contribution in [0.1, 0.15) is 89.1 Å². The van der Waals surface area contributed by atoms with Gasteiger partial charge in [0.25, 0.3) is 0 Å². The molecule has 1 atom stereocenters. The number of hydrogen-bond donors (Lipinski definition) is 1. The van der Waals surface area contributed by atoms with Crippen LogP contribution in [-0.2, 0) is 4.79 Å². The van der Waals surface area contributed by atoms with Crippen molar-refractivity contribution in [2.75, 3.05) is 0 Å². The minimum Gasteiger partial charge on any atom is -0.481 e. The molecule has 4 heteroatoms. The minimum atomic E-state index is -0.897. The highest BCUT2D eigenvalue weighted by molar-refractivity contribution is 6.34. The number of carboxylic acid groups (broad SMARTS) is 1. The van der Waals surface area contributed by atoms with E-state index in [1.807, 2.05) is 32.1 Å². The smallest absolute Gasteiger partial charge is 0.310 e. The Balaban J connectivity index is 2.09. The quantitative estimate of drug-likeness (QED) is 0.218. The first-order valence-corrected chi connectivity index (χ1v) is 12.3. The lowest BCUT2D eigenvalue weighted by Gasteiger charge is -2.32. The summed E-state index contributed by atoms with van der Waals surface area (Å²) in [6.45, 7) is 12.6. The fourth-order valence-corrected chi connectivity index (χ4v) is 4.75. The molecule has 0 bridgehead atoms. The van der Waals surface area contributed by atoms with Gasteiger partial charge < -0.3 is 5.11 Å². The largest absolute Gasteiger partial charge is 0.481 e. The number of allylic oxidation sites excluding steroid dienone is 10. The molecule has 1 aliphatic carbocycles. The number of ketones is 1. The molecule has 1 aromatic rings. The molecule has 0 saturated heterocycles. The standard InChI is InChI=1S/C30H37ClO3/c1-7-24(29(33)34)23-14-15-25(27(31)19-23)28(32)18-21(3)11-8-10-20(2)13-16-26-22(4)12-9-17-30(26,5)6/h8,10-11,13-16,18-19,24H,7,9,12,17H2,1-6H3,(H,33,34). The van der Waals surface area contributed by atoms with Crippen molar-refractivity contribution in [1.82, 2.24) is 0 Å². The van der Waals surface area contributed by atoms with E-state index in [9.17, 15) is 14.7 Å². The van der Waals surface area contributed by atoms with Crippen LogP contribution in [0.25, 0.3) is 0 Å². The van der Waals surface area contributed by atoms with Gasteiger partial charge in [-0.2, -0.15) is 0 Å². The van der Waals surface area contributed by atoms with Crippen molar-refractivity contribution >= 4 is 23.4 Å². The van der Waals surface area contributed by atoms with Gasteiger partial charge in [-0.3, -0.25) is 9.59 Å². The van der Waals surface area contributed by atoms with Gasteiger partial charge in [0.15, 0.2) is 5.78 Å². The lowest BCUT2D eigenvalue weighted by Crippen LogP contribution is -2.19. The second-order valence-corrected chi connectivity index (χ2v) is 10.2. The van der Waals surface area contributed by atoms with Crippen LogP contribution in [-0.4, -0.2) is 16.9 Å². The molecule has 1 unspecified atom stereocenters. The van der Waals surface area contributed by atoms with Gasteiger partial charge in [-0.1, -0.05) is 80.0 Å². The van der Waals surface area contributed by atoms with Gasteiger partial charge >= 0.3 is 5.97 Å². The van der Waals surface area contributed by atoms with Crippen LogP contribution in [0.15, 0.2) is 76.9 Å². The molecule has 0 amide bonds. The Bertz CT molecular complexity index is 1080. The van der Waals surface area contributed by atoms with Gasteiger partial charge in [0.05, 0.1) is 10.9 Å². The van der Waals surface area contributed by atoms with E-state index in [-0.39, 0.29) is 16.2 Å². The third-order valence-corrected chi connectivity index (χ3v) is 6.81. The molecule has 1 aliphatic rings. The third kappa shape index (κ3) is 7.43. The van der Waals surface area contributed by atoms with E-state index in [2.05, 4.69) is 39.8 Å². The Morgan fingerprint density at radius 2 is 1.88 bits per heavy atom. The van der Waals surface area contributed by atoms with Crippen molar-refractivity contribution < 1.29 is 14.7 Å². The summed E-state index contributed by atoms with van der Waals surface area (Å²) in [7, 11) is 0. The summed E-state index contributed by atoms with van der Waals surface area (Å²) in [4.78, 5) is 24.1. The fourth-order valence-electron chi connectivity index (χ4n) is 4.47. The number of hydrogen-bond acceptors (Lipinski definition) is 2. The van der Waals surface area contributed by atoms with E-state index in [0.29, 0.717) is 17.5 Å². The summed E-state index contributed by atoms with van der Waals surface area (Å²) in [6, 6.07) is 4.86. The molecule has 0 saturated carbocycles. The van der Waals surface area contributed by atoms with E-state index in [1.165, 1.54) is 30.4 Å². The van der Waals surface area contributed by atoms with Crippen LogP contribution < -0.4 is 0 Å². The molecule has 2 rings (SSSR count). The number of carbonyl (C=O) groups is 2. The highest BCUT2D eigenvalue weighted by Gasteiger charge is 2.26. The van der Waals surface area contributed by atoms with Crippen molar-refractivity contribution in [3.8, 4) is 0 Å². The van der Waals surface area contributed by atoms with Crippen LogP contribution in [0.3, 0.4) is 0 Å². The molecule has 182 valence electrons. The van der Waals surface area contributed by atoms with Gasteiger partial charge in [-0.25, -0.2) is 0 Å². The zero-order chi connectivity index (χ0) is 25.5. The summed E-state index contributed by atoms with van der Waals surface area (Å²) in [5.74, 6) is -1.73. The first kappa shape index (κ1) is 27.6. The Morgan fingerprint density at radius 3 is 2.47 bits per heavy atom. The lowest BCUT2D eigenvalue weighted by atomic mass is 9.72. The van der Waals surface area contributed by atoms with Crippen molar-refractivity contribution in [2.24, 2.45) is 5.41 Å². The maximum atomic E-state index is 12.7. The Kier molecular flexibility index (Phi) is 9.88. The summed E-state index contributed by atoms with van der Waals surface area (Å²) in [6.07, 6.45) is 15.9. The number of benzene rings is 1. The van der Waals surface area contributed by atoms with Crippen molar-refractivity contribution in [3.05, 3.63) is 93.1 Å². The first-order valence-electron chi connectivity index (χ1n) is 11.9. The summed E-state index contributed by atoms with van der Waals surface area (Å²) < 4.78 is 0. The monoisotopic (exact) mass is 480 g/mol. The molecule has 1 aromatic carbocycles. The van der Waals surface area contributed by atoms with E-state index in [0.717, 1.165) is 11.1 Å². The second kappa shape index (κ2) is 12.2. The first-order chi connectivity index (χ1) is 16.0. The van der Waals surface area contributed by atoms with E-state index in [1.54, 1.807) is 24.3 Å². The molecule has 0 heterocycles. The zero-order valence-electron chi connectivity index (χ0n) is 21.2. The topological polar surface area (TPSA) is 54.4 Å². The molecule has 3 nitrogen and oxygen atoms in total. The maximum absolute atomic E-state index is 12.7. The van der Waals surface area contributed by atoms with Crippen LogP contribution >= 0.6 is 11.6 Å². The van der Waals surface area contributed by atoms with E-state index < -0.39 is 11.9 Å². The summed E-state index contributed by atoms with van der Waals surface area (Å²) in [5.41, 5.74) is 6.06. The predicted octanol–water partition coefficient (Wildman–Crippen LogP) is 8.63. The second-order valence-electron chi connectivity index (χ2n) is 9.83. The normalized spacial score (nSPS) is 18.1. The highest BCUT2D eigenvalue weighted by Crippen LogP contribution is 2.40. The maximum Gasteiger partial charge on any atom is 0.310 e. The molecule has 34 heavy (non-hydrogen) atoms. The van der Waals surface area contributed by atoms with Crippen molar-refractivity contribution in [3.63, 3.8) is 0 Å². The lowest BCUT2D eigenvalue weighted by molar-refractivity contribution is -0.138. The SMILES string of the molecule is CCC(C(=O)O)c1ccc(C(=O)C=C(C)C=CC=C(C)C=CC2=C(C)CCCC2(C)C)c(Cl)c1. The van der Waals surface area contributed by atoms with Crippen molar-refractivity contribution in [2.45, 2.75) is 73.1 Å². The van der Waals surface area contributed by atoms with Gasteiger partial charge in [-0.05, 0) is 86.8 Å². The third-order valence-electron chi connectivity index (χ3n) is 6.50. The summed E-state index contributed by atoms with van der Waals surface area (Å²) >= 11 is 6.31. The van der Waals surface area contributed by atoms with Crippen LogP contribution in [0, 0.1) is 5.41 Å². The molecule has 0 aromatic heterocycles. The van der Waals surface area contributed by atoms with Crippen LogP contribution in [0.5, 0.6) is 0 Å². The molecule has 0 spiro atoms. The van der Waals surface area contributed by atoms with Gasteiger partial charge in [0.2, 0.25) is 0 Å². The predicted molar refractivity (Wildman–Crippen MR) is 143 cm³/mol. The number of carbonyl (C=O) groups excluding carboxylic acids is 1. The Morgan fingerprint density at radius 1 is 1.18 bits per heavy atom. The van der Waals surface area contributed by atoms with E-state index >= 15 is 0 Å². The van der Waals surface area contributed by atoms with Crippen LogP contribution in [0.4, 0.5) is 0 Å². The highest BCUT2D eigenvalue weighted by atomic mass is 35.5. The number of carboxylic acids is 1. The Hall–Kier alpha value is -2.65. The average molecular weight is 481 g/mol. The fraction of sp³-hybridized carbons (Fsp3) is 0.400. The Labute approximate surface area is 209 Å². The minimum absolute atomic E-state index is 0.204. The van der Waals surface area contributed by atoms with Crippen molar-refractivity contribution in [1.29, 1.82) is 0 Å². The number of halogens is 1. The molecule has 0 fully saturated rings. The van der Waals surface area contributed by atoms with E-state index in [4.69, 9.17) is 11.6 Å². The molecule has 0 aliphatic heterocycles. The number of rotatable bonds is 9. The number of aliphatic carboxylic acids is 1. The zero-order valence-corrected chi connectivity index (χ0v) is 22.0. The average Bonchev–Trinajstić information content (AvgIpc) is 2.73. The van der Waals surface area contributed by atoms with Crippen LogP contribution in [0.2, 0.25) is 5.02 Å². The molecular weight excluding hydrogens is 444 g/mol. The van der Waals surface area contributed by atoms with Gasteiger partial charge in [-0.15, -0.1) is 0 Å². The molecular formula is C30H37ClO3. The molecule has 1 N–H and O–H groups in total. The van der Waals surface area contributed by atoms with Gasteiger partial charge in [0, 0.05) is 5.56 Å². The molecule has 0 radical (unpaired) electrons. The van der Waals surface area contributed by atoms with Gasteiger partial charge in [0.1, 0.15) is 0 Å².